The summed E-state index contributed by atoms with van der Waals surface area (Å²) >= 11 is 4.92. The van der Waals surface area contributed by atoms with E-state index in [-0.39, 0.29) is 5.91 Å². The van der Waals surface area contributed by atoms with Gasteiger partial charge in [-0.1, -0.05) is 24.4 Å². The molecule has 6 heteroatoms. The molecule has 0 aliphatic heterocycles. The molecule has 1 heterocycles. The molecule has 0 unspecified atom stereocenters. The number of carbonyl (C=O) groups excluding carboxylic acids is 1. The van der Waals surface area contributed by atoms with Gasteiger partial charge in [0.1, 0.15) is 4.99 Å². The van der Waals surface area contributed by atoms with Crippen LogP contribution in [0.3, 0.4) is 0 Å². The Bertz CT molecular complexity index is 615. The van der Waals surface area contributed by atoms with Gasteiger partial charge in [-0.15, -0.1) is 0 Å². The number of hydrogen-bond acceptors (Lipinski definition) is 4. The Labute approximate surface area is 116 Å². The van der Waals surface area contributed by atoms with Crippen molar-refractivity contribution in [3.63, 3.8) is 0 Å². The van der Waals surface area contributed by atoms with Crippen LogP contribution in [0.1, 0.15) is 15.9 Å². The lowest BCUT2D eigenvalue weighted by molar-refractivity contribution is 0.0992. The molecule has 2 rings (SSSR count). The molecular formula is C13H12N4OS. The van der Waals surface area contributed by atoms with E-state index in [0.29, 0.717) is 16.2 Å². The van der Waals surface area contributed by atoms with E-state index >= 15 is 0 Å². The highest BCUT2D eigenvalue weighted by Gasteiger charge is 2.14. The maximum Gasteiger partial charge on any atom is 0.259 e. The van der Waals surface area contributed by atoms with Gasteiger partial charge in [-0.25, -0.2) is 0 Å². The van der Waals surface area contributed by atoms with Crippen molar-refractivity contribution >= 4 is 28.8 Å². The van der Waals surface area contributed by atoms with Crippen LogP contribution in [0.4, 0.5) is 5.69 Å². The fourth-order valence-electron chi connectivity index (χ4n) is 1.60. The van der Waals surface area contributed by atoms with Crippen molar-refractivity contribution in [1.29, 1.82) is 0 Å². The molecule has 1 aromatic heterocycles. The Morgan fingerprint density at radius 2 is 2.05 bits per heavy atom. The highest BCUT2D eigenvalue weighted by atomic mass is 32.1. The lowest BCUT2D eigenvalue weighted by atomic mass is 10.1. The summed E-state index contributed by atoms with van der Waals surface area (Å²) < 4.78 is 0. The molecule has 0 fully saturated rings. The number of nitrogens with two attached hydrogens (primary N) is 1. The predicted octanol–water partition coefficient (Wildman–Crippen LogP) is 1.39. The Kier molecular flexibility index (Phi) is 3.82. The van der Waals surface area contributed by atoms with Gasteiger partial charge in [0.2, 0.25) is 0 Å². The normalized spacial score (nSPS) is 9.95. The van der Waals surface area contributed by atoms with Gasteiger partial charge >= 0.3 is 0 Å². The number of hydrogen-bond donors (Lipinski definition) is 1. The fourth-order valence-corrected chi connectivity index (χ4v) is 1.72. The fraction of sp³-hybridized carbons (Fsp3) is 0.0769. The predicted molar refractivity (Wildman–Crippen MR) is 77.1 cm³/mol. The monoisotopic (exact) mass is 272 g/mol. The molecule has 0 aliphatic rings. The Balaban J connectivity index is 2.29. The second-order valence-corrected chi connectivity index (χ2v) is 4.35. The lowest BCUT2D eigenvalue weighted by Gasteiger charge is -2.17. The minimum absolute atomic E-state index is 0.171. The Morgan fingerprint density at radius 1 is 1.26 bits per heavy atom. The zero-order valence-electron chi connectivity index (χ0n) is 10.3. The second kappa shape index (κ2) is 5.53. The maximum absolute atomic E-state index is 12.2. The number of nitrogens with zero attached hydrogens (tertiary/aromatic N) is 3. The second-order valence-electron chi connectivity index (χ2n) is 3.91. The molecule has 96 valence electrons. The summed E-state index contributed by atoms with van der Waals surface area (Å²) in [6.07, 6.45) is 2.91. The molecule has 0 saturated heterocycles. The first-order chi connectivity index (χ1) is 9.09. The van der Waals surface area contributed by atoms with Crippen LogP contribution in [0, 0.1) is 0 Å². The lowest BCUT2D eigenvalue weighted by Crippen LogP contribution is -2.26. The zero-order chi connectivity index (χ0) is 13.8. The average molecular weight is 272 g/mol. The molecule has 0 bridgehead atoms. The van der Waals surface area contributed by atoms with Gasteiger partial charge in [-0.2, -0.15) is 10.2 Å². The summed E-state index contributed by atoms with van der Waals surface area (Å²) in [6, 6.07) is 8.81. The van der Waals surface area contributed by atoms with E-state index < -0.39 is 0 Å². The van der Waals surface area contributed by atoms with Crippen LogP contribution in [0.2, 0.25) is 0 Å². The molecule has 0 radical (unpaired) electrons. The highest BCUT2D eigenvalue weighted by molar-refractivity contribution is 7.80. The number of carbonyl (C=O) groups is 1. The van der Waals surface area contributed by atoms with Gasteiger partial charge in [0, 0.05) is 18.3 Å². The standard InChI is InChI=1S/C13H12N4OS/c1-17(13(18)10-5-6-15-16-8-10)11-4-2-3-9(7-11)12(14)19/h2-8H,1H3,(H2,14,19). The van der Waals surface area contributed by atoms with Gasteiger partial charge in [0.05, 0.1) is 18.0 Å². The summed E-state index contributed by atoms with van der Waals surface area (Å²) in [5.74, 6) is -0.171. The molecule has 1 aromatic carbocycles. The van der Waals surface area contributed by atoms with Crippen LogP contribution in [0.25, 0.3) is 0 Å². The first-order valence-electron chi connectivity index (χ1n) is 5.54. The van der Waals surface area contributed by atoms with Gasteiger partial charge in [-0.05, 0) is 18.2 Å². The Hall–Kier alpha value is -2.34. The van der Waals surface area contributed by atoms with Crippen LogP contribution in [0.15, 0.2) is 42.7 Å². The van der Waals surface area contributed by atoms with Gasteiger partial charge in [0.15, 0.2) is 0 Å². The minimum atomic E-state index is -0.171. The van der Waals surface area contributed by atoms with Crippen LogP contribution in [0.5, 0.6) is 0 Å². The molecule has 2 aromatic rings. The van der Waals surface area contributed by atoms with Crippen LogP contribution < -0.4 is 10.6 Å². The van der Waals surface area contributed by atoms with E-state index in [2.05, 4.69) is 10.2 Å². The van der Waals surface area contributed by atoms with E-state index in [0.717, 1.165) is 5.56 Å². The average Bonchev–Trinajstić information content (AvgIpc) is 2.46. The molecule has 1 amide bonds. The summed E-state index contributed by atoms with van der Waals surface area (Å²) in [5.41, 5.74) is 7.49. The highest BCUT2D eigenvalue weighted by Crippen LogP contribution is 2.17. The summed E-state index contributed by atoms with van der Waals surface area (Å²) in [7, 11) is 1.68. The minimum Gasteiger partial charge on any atom is -0.389 e. The number of anilines is 1. The van der Waals surface area contributed by atoms with E-state index in [1.54, 1.807) is 31.3 Å². The van der Waals surface area contributed by atoms with Crippen molar-refractivity contribution in [2.75, 3.05) is 11.9 Å². The van der Waals surface area contributed by atoms with Crippen molar-refractivity contribution in [1.82, 2.24) is 10.2 Å². The third-order valence-electron chi connectivity index (χ3n) is 2.65. The van der Waals surface area contributed by atoms with E-state index in [1.165, 1.54) is 17.3 Å². The number of rotatable bonds is 3. The van der Waals surface area contributed by atoms with Gasteiger partial charge in [-0.3, -0.25) is 4.79 Å². The first kappa shape index (κ1) is 13.1. The van der Waals surface area contributed by atoms with Crippen LogP contribution in [-0.4, -0.2) is 28.1 Å². The summed E-state index contributed by atoms with van der Waals surface area (Å²) in [5, 5.41) is 7.33. The van der Waals surface area contributed by atoms with E-state index in [1.807, 2.05) is 6.07 Å². The van der Waals surface area contributed by atoms with Crippen molar-refractivity contribution in [3.8, 4) is 0 Å². The first-order valence-corrected chi connectivity index (χ1v) is 5.95. The summed E-state index contributed by atoms with van der Waals surface area (Å²) in [6.45, 7) is 0. The topological polar surface area (TPSA) is 72.1 Å². The SMILES string of the molecule is CN(C(=O)c1ccnnc1)c1cccc(C(N)=S)c1. The Morgan fingerprint density at radius 3 is 2.68 bits per heavy atom. The number of benzene rings is 1. The zero-order valence-corrected chi connectivity index (χ0v) is 11.1. The molecule has 5 nitrogen and oxygen atoms in total. The van der Waals surface area contributed by atoms with E-state index in [9.17, 15) is 4.79 Å². The number of amides is 1. The molecule has 2 N–H and O–H groups in total. The molecule has 0 saturated carbocycles. The van der Waals surface area contributed by atoms with Crippen LogP contribution >= 0.6 is 12.2 Å². The third-order valence-corrected chi connectivity index (χ3v) is 2.89. The van der Waals surface area contributed by atoms with Crippen molar-refractivity contribution in [2.24, 2.45) is 5.73 Å². The van der Waals surface area contributed by atoms with Crippen molar-refractivity contribution in [2.45, 2.75) is 0 Å². The number of thiocarbonyl (C=S) groups is 1. The van der Waals surface area contributed by atoms with Crippen molar-refractivity contribution in [3.05, 3.63) is 53.9 Å². The molecule has 19 heavy (non-hydrogen) atoms. The molecule has 0 aliphatic carbocycles. The van der Waals surface area contributed by atoms with Crippen LogP contribution in [-0.2, 0) is 0 Å². The van der Waals surface area contributed by atoms with Gasteiger partial charge in [0.25, 0.3) is 5.91 Å². The van der Waals surface area contributed by atoms with Crippen molar-refractivity contribution < 1.29 is 4.79 Å². The summed E-state index contributed by atoms with van der Waals surface area (Å²) in [4.78, 5) is 14.0. The van der Waals surface area contributed by atoms with Gasteiger partial charge < -0.3 is 10.6 Å². The number of aromatic nitrogens is 2. The third kappa shape index (κ3) is 2.92. The molecule has 0 spiro atoms. The maximum atomic E-state index is 12.2. The largest absolute Gasteiger partial charge is 0.389 e. The van der Waals surface area contributed by atoms with E-state index in [4.69, 9.17) is 18.0 Å². The molecule has 0 atom stereocenters. The molecular weight excluding hydrogens is 260 g/mol. The smallest absolute Gasteiger partial charge is 0.259 e. The quantitative estimate of drug-likeness (QED) is 0.855.